The number of carbonyl (C=O) groups is 1. The van der Waals surface area contributed by atoms with Gasteiger partial charge in [0, 0.05) is 22.2 Å². The molecule has 0 aliphatic heterocycles. The molecule has 0 unspecified atom stereocenters. The minimum atomic E-state index is -4.04. The lowest BCUT2D eigenvalue weighted by atomic mass is 10.2. The van der Waals surface area contributed by atoms with Gasteiger partial charge in [0.25, 0.3) is 5.91 Å². The lowest BCUT2D eigenvalue weighted by Gasteiger charge is -2.22. The quantitative estimate of drug-likeness (QED) is 0.371. The van der Waals surface area contributed by atoms with E-state index in [1.54, 1.807) is 36.4 Å². The van der Waals surface area contributed by atoms with Crippen LogP contribution in [-0.2, 0) is 21.4 Å². The summed E-state index contributed by atoms with van der Waals surface area (Å²) in [6, 6.07) is 18.3. The van der Waals surface area contributed by atoms with E-state index in [0.29, 0.717) is 10.6 Å². The predicted molar refractivity (Wildman–Crippen MR) is 123 cm³/mol. The van der Waals surface area contributed by atoms with E-state index >= 15 is 0 Å². The summed E-state index contributed by atoms with van der Waals surface area (Å²) in [4.78, 5) is 12.5. The fraction of sp³-hybridized carbons (Fsp3) is 0.0909. The van der Waals surface area contributed by atoms with Crippen LogP contribution in [0.25, 0.3) is 0 Å². The van der Waals surface area contributed by atoms with Crippen molar-refractivity contribution in [3.63, 3.8) is 0 Å². The van der Waals surface area contributed by atoms with E-state index < -0.39 is 28.3 Å². The second kappa shape index (κ2) is 10.7. The zero-order valence-electron chi connectivity index (χ0n) is 16.6. The lowest BCUT2D eigenvalue weighted by molar-refractivity contribution is -0.121. The molecule has 6 nitrogen and oxygen atoms in total. The van der Waals surface area contributed by atoms with Gasteiger partial charge < -0.3 is 0 Å². The van der Waals surface area contributed by atoms with E-state index in [9.17, 15) is 17.6 Å². The number of nitrogens with one attached hydrogen (secondary N) is 1. The van der Waals surface area contributed by atoms with Crippen molar-refractivity contribution in [1.29, 1.82) is 0 Å². The van der Waals surface area contributed by atoms with Crippen LogP contribution >= 0.6 is 23.2 Å². The van der Waals surface area contributed by atoms with Crippen molar-refractivity contribution in [2.45, 2.75) is 11.4 Å². The molecule has 3 aromatic carbocycles. The summed E-state index contributed by atoms with van der Waals surface area (Å²) in [6.07, 6.45) is 1.14. The summed E-state index contributed by atoms with van der Waals surface area (Å²) >= 11 is 12.1. The summed E-state index contributed by atoms with van der Waals surface area (Å²) in [5.41, 5.74) is 2.87. The highest BCUT2D eigenvalue weighted by Crippen LogP contribution is 2.25. The Balaban J connectivity index is 1.82. The van der Waals surface area contributed by atoms with Gasteiger partial charge in [0.05, 0.1) is 17.7 Å². The molecule has 1 amide bonds. The van der Waals surface area contributed by atoms with Gasteiger partial charge in [-0.15, -0.1) is 0 Å². The predicted octanol–water partition coefficient (Wildman–Crippen LogP) is 4.47. The maximum Gasteiger partial charge on any atom is 0.255 e. The summed E-state index contributed by atoms with van der Waals surface area (Å²) in [6.45, 7) is -0.706. The van der Waals surface area contributed by atoms with Gasteiger partial charge >= 0.3 is 0 Å². The zero-order chi connectivity index (χ0) is 23.1. The SMILES string of the molecule is O=C(CN(Cc1ccc(Cl)cc1Cl)S(=O)(=O)c1ccccc1)N/N=C\c1ccccc1F. The third-order valence-corrected chi connectivity index (χ3v) is 6.75. The average Bonchev–Trinajstić information content (AvgIpc) is 2.77. The summed E-state index contributed by atoms with van der Waals surface area (Å²) < 4.78 is 41.0. The number of amides is 1. The standard InChI is InChI=1S/C22H18Cl2FN3O3S/c23-18-11-10-17(20(24)12-18)14-28(32(30,31)19-7-2-1-3-8-19)15-22(29)27-26-13-16-6-4-5-9-21(16)25/h1-13H,14-15H2,(H,27,29)/b26-13-. The van der Waals surface area contributed by atoms with Crippen molar-refractivity contribution < 1.29 is 17.6 Å². The number of carbonyl (C=O) groups excluding carboxylic acids is 1. The fourth-order valence-corrected chi connectivity index (χ4v) is 4.62. The molecule has 10 heteroatoms. The molecular weight excluding hydrogens is 476 g/mol. The van der Waals surface area contributed by atoms with E-state index in [1.165, 1.54) is 36.4 Å². The first-order valence-corrected chi connectivity index (χ1v) is 11.5. The zero-order valence-corrected chi connectivity index (χ0v) is 18.9. The number of hydrogen-bond donors (Lipinski definition) is 1. The Morgan fingerprint density at radius 1 is 1.03 bits per heavy atom. The number of nitrogens with zero attached hydrogens (tertiary/aromatic N) is 2. The van der Waals surface area contributed by atoms with Gasteiger partial charge in [0.15, 0.2) is 0 Å². The number of rotatable bonds is 8. The minimum Gasteiger partial charge on any atom is -0.272 e. The Bertz CT molecular complexity index is 1240. The molecule has 3 aromatic rings. The third kappa shape index (κ3) is 6.14. The number of sulfonamides is 1. The molecule has 0 spiro atoms. The Hall–Kier alpha value is -2.78. The number of hydrazone groups is 1. The van der Waals surface area contributed by atoms with Gasteiger partial charge in [-0.2, -0.15) is 9.41 Å². The Morgan fingerprint density at radius 3 is 2.41 bits per heavy atom. The van der Waals surface area contributed by atoms with E-state index in [-0.39, 0.29) is 22.0 Å². The largest absolute Gasteiger partial charge is 0.272 e. The van der Waals surface area contributed by atoms with Crippen LogP contribution in [0.4, 0.5) is 4.39 Å². The molecule has 0 aliphatic carbocycles. The van der Waals surface area contributed by atoms with Crippen molar-refractivity contribution in [2.75, 3.05) is 6.54 Å². The van der Waals surface area contributed by atoms with Crippen molar-refractivity contribution >= 4 is 45.3 Å². The van der Waals surface area contributed by atoms with Crippen LogP contribution in [0.3, 0.4) is 0 Å². The molecule has 0 radical (unpaired) electrons. The van der Waals surface area contributed by atoms with Crippen molar-refractivity contribution in [2.24, 2.45) is 5.10 Å². The highest BCUT2D eigenvalue weighted by Gasteiger charge is 2.27. The van der Waals surface area contributed by atoms with Gasteiger partial charge in [-0.25, -0.2) is 18.2 Å². The molecule has 0 aliphatic rings. The molecule has 166 valence electrons. The Kier molecular flexibility index (Phi) is 7.98. The monoisotopic (exact) mass is 493 g/mol. The Labute approximate surface area is 195 Å². The second-order valence-electron chi connectivity index (χ2n) is 6.64. The van der Waals surface area contributed by atoms with Crippen LogP contribution < -0.4 is 5.43 Å². The van der Waals surface area contributed by atoms with Gasteiger partial charge in [0.1, 0.15) is 5.82 Å². The van der Waals surface area contributed by atoms with Crippen LogP contribution in [0.1, 0.15) is 11.1 Å². The maximum absolute atomic E-state index is 13.7. The average molecular weight is 494 g/mol. The second-order valence-corrected chi connectivity index (χ2v) is 9.42. The van der Waals surface area contributed by atoms with Crippen molar-refractivity contribution in [3.05, 3.63) is 99.8 Å². The molecule has 0 heterocycles. The fourth-order valence-electron chi connectivity index (χ4n) is 2.76. The molecule has 0 fully saturated rings. The van der Waals surface area contributed by atoms with Gasteiger partial charge in [0.2, 0.25) is 10.0 Å². The normalized spacial score (nSPS) is 11.8. The van der Waals surface area contributed by atoms with E-state index in [4.69, 9.17) is 23.2 Å². The van der Waals surface area contributed by atoms with Crippen LogP contribution in [-0.4, -0.2) is 31.4 Å². The number of hydrogen-bond acceptors (Lipinski definition) is 4. The molecule has 0 atom stereocenters. The van der Waals surface area contributed by atoms with Crippen LogP contribution in [0.2, 0.25) is 10.0 Å². The van der Waals surface area contributed by atoms with E-state index in [2.05, 4.69) is 10.5 Å². The number of halogens is 3. The maximum atomic E-state index is 13.7. The van der Waals surface area contributed by atoms with Crippen molar-refractivity contribution in [1.82, 2.24) is 9.73 Å². The van der Waals surface area contributed by atoms with Crippen LogP contribution in [0.5, 0.6) is 0 Å². The molecule has 0 aromatic heterocycles. The molecular formula is C22H18Cl2FN3O3S. The highest BCUT2D eigenvalue weighted by atomic mass is 35.5. The topological polar surface area (TPSA) is 78.8 Å². The smallest absolute Gasteiger partial charge is 0.255 e. The van der Waals surface area contributed by atoms with Crippen molar-refractivity contribution in [3.8, 4) is 0 Å². The molecule has 32 heavy (non-hydrogen) atoms. The lowest BCUT2D eigenvalue weighted by Crippen LogP contribution is -2.39. The third-order valence-electron chi connectivity index (χ3n) is 4.36. The first-order chi connectivity index (χ1) is 15.3. The summed E-state index contributed by atoms with van der Waals surface area (Å²) in [5, 5.41) is 4.38. The molecule has 0 bridgehead atoms. The molecule has 0 saturated heterocycles. The van der Waals surface area contributed by atoms with E-state index in [1.807, 2.05) is 0 Å². The molecule has 0 saturated carbocycles. The van der Waals surface area contributed by atoms with Gasteiger partial charge in [-0.05, 0) is 35.9 Å². The first-order valence-electron chi connectivity index (χ1n) is 9.33. The highest BCUT2D eigenvalue weighted by molar-refractivity contribution is 7.89. The minimum absolute atomic E-state index is 0.0211. The summed E-state index contributed by atoms with van der Waals surface area (Å²) in [7, 11) is -4.04. The molecule has 3 rings (SSSR count). The Morgan fingerprint density at radius 2 is 1.72 bits per heavy atom. The van der Waals surface area contributed by atoms with Crippen LogP contribution in [0.15, 0.2) is 82.8 Å². The number of benzene rings is 3. The summed E-state index contributed by atoms with van der Waals surface area (Å²) in [5.74, 6) is -1.21. The van der Waals surface area contributed by atoms with Gasteiger partial charge in [-0.1, -0.05) is 65.7 Å². The van der Waals surface area contributed by atoms with Gasteiger partial charge in [-0.3, -0.25) is 4.79 Å². The molecule has 1 N–H and O–H groups in total. The first kappa shape index (κ1) is 23.9. The van der Waals surface area contributed by atoms with Crippen LogP contribution in [0, 0.1) is 5.82 Å². The van der Waals surface area contributed by atoms with E-state index in [0.717, 1.165) is 10.5 Å².